The summed E-state index contributed by atoms with van der Waals surface area (Å²) in [6.07, 6.45) is 8.25. The first-order valence-electron chi connectivity index (χ1n) is 8.39. The molecular weight excluding hydrogens is 234 g/mol. The van der Waals surface area contributed by atoms with Crippen molar-refractivity contribution in [2.75, 3.05) is 26.7 Å². The molecule has 0 spiro atoms. The third-order valence-electron chi connectivity index (χ3n) is 5.40. The van der Waals surface area contributed by atoms with E-state index in [-0.39, 0.29) is 0 Å². The first-order chi connectivity index (χ1) is 9.22. The molecule has 1 heterocycles. The van der Waals surface area contributed by atoms with E-state index in [9.17, 15) is 0 Å². The van der Waals surface area contributed by atoms with Crippen molar-refractivity contribution in [3.8, 4) is 0 Å². The zero-order chi connectivity index (χ0) is 13.7. The Labute approximate surface area is 119 Å². The van der Waals surface area contributed by atoms with Gasteiger partial charge in [0.05, 0.1) is 0 Å². The van der Waals surface area contributed by atoms with Crippen LogP contribution in [0.5, 0.6) is 0 Å². The van der Waals surface area contributed by atoms with Gasteiger partial charge in [0.1, 0.15) is 0 Å². The molecule has 0 bridgehead atoms. The van der Waals surface area contributed by atoms with Crippen LogP contribution in [-0.2, 0) is 0 Å². The van der Waals surface area contributed by atoms with Gasteiger partial charge in [-0.25, -0.2) is 0 Å². The molecule has 1 aliphatic heterocycles. The van der Waals surface area contributed by atoms with E-state index < -0.39 is 0 Å². The van der Waals surface area contributed by atoms with Gasteiger partial charge in [0.15, 0.2) is 0 Å². The normalized spacial score (nSPS) is 33.2. The maximum Gasteiger partial charge on any atom is 0.0111 e. The molecular formula is C16H33N3. The SMILES string of the molecule is CCC(C)N(C)CCNC1CCCC1C1CCCN1. The van der Waals surface area contributed by atoms with Gasteiger partial charge in [-0.05, 0) is 58.5 Å². The molecule has 0 amide bonds. The Kier molecular flexibility index (Phi) is 6.11. The van der Waals surface area contributed by atoms with Crippen molar-refractivity contribution in [3.63, 3.8) is 0 Å². The van der Waals surface area contributed by atoms with Gasteiger partial charge in [-0.15, -0.1) is 0 Å². The van der Waals surface area contributed by atoms with Gasteiger partial charge in [-0.1, -0.05) is 13.3 Å². The minimum absolute atomic E-state index is 0.706. The van der Waals surface area contributed by atoms with Crippen molar-refractivity contribution in [3.05, 3.63) is 0 Å². The van der Waals surface area contributed by atoms with Gasteiger partial charge in [0.25, 0.3) is 0 Å². The van der Waals surface area contributed by atoms with Crippen LogP contribution in [0.4, 0.5) is 0 Å². The number of rotatable bonds is 7. The molecule has 112 valence electrons. The minimum atomic E-state index is 0.706. The Hall–Kier alpha value is -0.120. The summed E-state index contributed by atoms with van der Waals surface area (Å²) >= 11 is 0. The zero-order valence-electron chi connectivity index (χ0n) is 13.1. The van der Waals surface area contributed by atoms with Crippen molar-refractivity contribution in [2.24, 2.45) is 5.92 Å². The third kappa shape index (κ3) is 4.17. The van der Waals surface area contributed by atoms with Crippen molar-refractivity contribution in [1.82, 2.24) is 15.5 Å². The second kappa shape index (κ2) is 7.61. The molecule has 2 N–H and O–H groups in total. The molecule has 1 saturated heterocycles. The molecule has 0 aromatic heterocycles. The molecule has 1 saturated carbocycles. The van der Waals surface area contributed by atoms with Crippen LogP contribution in [0.2, 0.25) is 0 Å². The lowest BCUT2D eigenvalue weighted by Crippen LogP contribution is -2.44. The Balaban J connectivity index is 1.69. The average Bonchev–Trinajstić information content (AvgIpc) is 3.07. The molecule has 0 aromatic rings. The van der Waals surface area contributed by atoms with Gasteiger partial charge in [0, 0.05) is 31.2 Å². The van der Waals surface area contributed by atoms with Crippen LogP contribution < -0.4 is 10.6 Å². The van der Waals surface area contributed by atoms with E-state index in [1.54, 1.807) is 0 Å². The summed E-state index contributed by atoms with van der Waals surface area (Å²) in [7, 11) is 2.25. The molecule has 4 atom stereocenters. The van der Waals surface area contributed by atoms with Crippen molar-refractivity contribution < 1.29 is 0 Å². The van der Waals surface area contributed by atoms with Gasteiger partial charge >= 0.3 is 0 Å². The molecule has 2 fully saturated rings. The Morgan fingerprint density at radius 1 is 1.26 bits per heavy atom. The van der Waals surface area contributed by atoms with Crippen molar-refractivity contribution in [1.29, 1.82) is 0 Å². The molecule has 19 heavy (non-hydrogen) atoms. The van der Waals surface area contributed by atoms with Crippen LogP contribution >= 0.6 is 0 Å². The highest BCUT2D eigenvalue weighted by Crippen LogP contribution is 2.31. The molecule has 3 nitrogen and oxygen atoms in total. The largest absolute Gasteiger partial charge is 0.314 e. The standard InChI is InChI=1S/C16H33N3/c1-4-13(2)19(3)12-11-18-15-8-5-7-14(15)16-9-6-10-17-16/h13-18H,4-12H2,1-3H3. The van der Waals surface area contributed by atoms with Gasteiger partial charge < -0.3 is 15.5 Å². The summed E-state index contributed by atoms with van der Waals surface area (Å²) in [4.78, 5) is 2.48. The molecule has 3 heteroatoms. The van der Waals surface area contributed by atoms with Crippen LogP contribution in [-0.4, -0.2) is 49.7 Å². The fourth-order valence-electron chi connectivity index (χ4n) is 3.76. The quantitative estimate of drug-likeness (QED) is 0.741. The average molecular weight is 267 g/mol. The highest BCUT2D eigenvalue weighted by molar-refractivity contribution is 4.93. The predicted molar refractivity (Wildman–Crippen MR) is 82.5 cm³/mol. The summed E-state index contributed by atoms with van der Waals surface area (Å²) in [5.74, 6) is 0.886. The Bertz CT molecular complexity index is 250. The first-order valence-corrected chi connectivity index (χ1v) is 8.39. The second-order valence-corrected chi connectivity index (χ2v) is 6.60. The summed E-state index contributed by atoms with van der Waals surface area (Å²) in [5.41, 5.74) is 0. The summed E-state index contributed by atoms with van der Waals surface area (Å²) in [6, 6.07) is 2.27. The highest BCUT2D eigenvalue weighted by atomic mass is 15.1. The monoisotopic (exact) mass is 267 g/mol. The fraction of sp³-hybridized carbons (Fsp3) is 1.00. The van der Waals surface area contributed by atoms with Crippen molar-refractivity contribution >= 4 is 0 Å². The Morgan fingerprint density at radius 3 is 2.79 bits per heavy atom. The van der Waals surface area contributed by atoms with Crippen LogP contribution in [0.25, 0.3) is 0 Å². The maximum absolute atomic E-state index is 3.84. The highest BCUT2D eigenvalue weighted by Gasteiger charge is 2.34. The number of nitrogens with zero attached hydrogens (tertiary/aromatic N) is 1. The molecule has 1 aliphatic carbocycles. The van der Waals surface area contributed by atoms with Crippen LogP contribution in [0.3, 0.4) is 0 Å². The fourth-order valence-corrected chi connectivity index (χ4v) is 3.76. The van der Waals surface area contributed by atoms with Crippen LogP contribution in [0, 0.1) is 5.92 Å². The topological polar surface area (TPSA) is 27.3 Å². The third-order valence-corrected chi connectivity index (χ3v) is 5.40. The smallest absolute Gasteiger partial charge is 0.0111 e. The lowest BCUT2D eigenvalue weighted by Gasteiger charge is -2.29. The number of likely N-dealkylation sites (N-methyl/N-ethyl adjacent to an activating group) is 1. The maximum atomic E-state index is 3.84. The second-order valence-electron chi connectivity index (χ2n) is 6.60. The van der Waals surface area contributed by atoms with E-state index in [0.29, 0.717) is 6.04 Å². The molecule has 4 unspecified atom stereocenters. The van der Waals surface area contributed by atoms with Gasteiger partial charge in [0.2, 0.25) is 0 Å². The van der Waals surface area contributed by atoms with E-state index >= 15 is 0 Å². The molecule has 0 radical (unpaired) electrons. The van der Waals surface area contributed by atoms with E-state index in [2.05, 4.69) is 36.4 Å². The van der Waals surface area contributed by atoms with E-state index in [0.717, 1.165) is 24.5 Å². The van der Waals surface area contributed by atoms with Crippen molar-refractivity contribution in [2.45, 2.75) is 70.5 Å². The van der Waals surface area contributed by atoms with Crippen LogP contribution in [0.1, 0.15) is 52.4 Å². The first kappa shape index (κ1) is 15.3. The minimum Gasteiger partial charge on any atom is -0.314 e. The lowest BCUT2D eigenvalue weighted by molar-refractivity contribution is 0.239. The predicted octanol–water partition coefficient (Wildman–Crippen LogP) is 2.23. The zero-order valence-corrected chi connectivity index (χ0v) is 13.1. The number of hydrogen-bond acceptors (Lipinski definition) is 3. The summed E-state index contributed by atoms with van der Waals surface area (Å²) in [5, 5.41) is 7.54. The van der Waals surface area contributed by atoms with E-state index in [1.807, 2.05) is 0 Å². The summed E-state index contributed by atoms with van der Waals surface area (Å²) in [6.45, 7) is 8.16. The lowest BCUT2D eigenvalue weighted by atomic mass is 9.93. The van der Waals surface area contributed by atoms with Crippen LogP contribution in [0.15, 0.2) is 0 Å². The molecule has 0 aromatic carbocycles. The van der Waals surface area contributed by atoms with E-state index in [1.165, 1.54) is 51.6 Å². The molecule has 2 rings (SSSR count). The number of nitrogens with one attached hydrogen (secondary N) is 2. The van der Waals surface area contributed by atoms with Gasteiger partial charge in [-0.3, -0.25) is 0 Å². The van der Waals surface area contributed by atoms with E-state index in [4.69, 9.17) is 0 Å². The van der Waals surface area contributed by atoms with Gasteiger partial charge in [-0.2, -0.15) is 0 Å². The molecule has 2 aliphatic rings. The number of hydrogen-bond donors (Lipinski definition) is 2. The summed E-state index contributed by atoms with van der Waals surface area (Å²) < 4.78 is 0. The Morgan fingerprint density at radius 2 is 2.11 bits per heavy atom.